The van der Waals surface area contributed by atoms with Crippen molar-refractivity contribution in [2.75, 3.05) is 13.1 Å². The quantitative estimate of drug-likeness (QED) is 0.784. The van der Waals surface area contributed by atoms with Gasteiger partial charge in [-0.2, -0.15) is 0 Å². The monoisotopic (exact) mass is 297 g/mol. The maximum atomic E-state index is 13.4. The van der Waals surface area contributed by atoms with E-state index in [1.54, 1.807) is 6.07 Å². The Morgan fingerprint density at radius 2 is 2.24 bits per heavy atom. The Labute approximate surface area is 123 Å². The summed E-state index contributed by atoms with van der Waals surface area (Å²) < 4.78 is 26.5. The highest BCUT2D eigenvalue weighted by atomic mass is 19.2. The number of nitrogens with one attached hydrogen (secondary N) is 2. The van der Waals surface area contributed by atoms with Crippen molar-refractivity contribution in [2.45, 2.75) is 37.8 Å². The van der Waals surface area contributed by atoms with Crippen LogP contribution in [0.3, 0.4) is 0 Å². The Hall–Kier alpha value is -1.53. The lowest BCUT2D eigenvalue weighted by Gasteiger charge is -2.33. The van der Waals surface area contributed by atoms with E-state index in [4.69, 9.17) is 5.73 Å². The fraction of sp³-hybridized carbons (Fsp3) is 0.533. The van der Waals surface area contributed by atoms with Crippen LogP contribution in [0.25, 0.3) is 0 Å². The molecule has 0 aliphatic carbocycles. The molecule has 1 fully saturated rings. The molecule has 2 rings (SSSR count). The largest absolute Gasteiger partial charge is 0.350 e. The topological polar surface area (TPSA) is 67.2 Å². The van der Waals surface area contributed by atoms with E-state index in [0.29, 0.717) is 18.5 Å². The van der Waals surface area contributed by atoms with E-state index in [-0.39, 0.29) is 17.9 Å². The van der Waals surface area contributed by atoms with Gasteiger partial charge in [0.2, 0.25) is 5.91 Å². The molecule has 6 heteroatoms. The van der Waals surface area contributed by atoms with Crippen molar-refractivity contribution in [1.29, 1.82) is 0 Å². The van der Waals surface area contributed by atoms with Gasteiger partial charge in [-0.1, -0.05) is 13.0 Å². The summed E-state index contributed by atoms with van der Waals surface area (Å²) in [5.74, 6) is -1.98. The van der Waals surface area contributed by atoms with Crippen molar-refractivity contribution in [2.24, 2.45) is 5.73 Å². The fourth-order valence-corrected chi connectivity index (χ4v) is 2.63. The maximum absolute atomic E-state index is 13.4. The van der Waals surface area contributed by atoms with Crippen LogP contribution in [0, 0.1) is 11.6 Å². The summed E-state index contributed by atoms with van der Waals surface area (Å²) in [4.78, 5) is 11.9. The zero-order chi connectivity index (χ0) is 15.4. The predicted octanol–water partition coefficient (Wildman–Crippen LogP) is 1.26. The lowest BCUT2D eigenvalue weighted by molar-refractivity contribution is -0.123. The second kappa shape index (κ2) is 6.95. The molecule has 3 atom stereocenters. The lowest BCUT2D eigenvalue weighted by Crippen LogP contribution is -2.53. The van der Waals surface area contributed by atoms with Gasteiger partial charge in [0.05, 0.1) is 6.04 Å². The van der Waals surface area contributed by atoms with E-state index in [2.05, 4.69) is 10.6 Å². The highest BCUT2D eigenvalue weighted by molar-refractivity contribution is 5.81. The van der Waals surface area contributed by atoms with Crippen molar-refractivity contribution in [3.8, 4) is 0 Å². The SMILES string of the molecule is CC[C@H](N)C(=O)NC1CNCCC1c1ccc(F)c(F)c1. The minimum Gasteiger partial charge on any atom is -0.350 e. The molecule has 0 aromatic heterocycles. The summed E-state index contributed by atoms with van der Waals surface area (Å²) in [6.45, 7) is 3.21. The van der Waals surface area contributed by atoms with Gasteiger partial charge < -0.3 is 16.4 Å². The molecule has 1 amide bonds. The third-order valence-corrected chi connectivity index (χ3v) is 3.96. The van der Waals surface area contributed by atoms with E-state index < -0.39 is 17.7 Å². The van der Waals surface area contributed by atoms with Crippen LogP contribution in [0.4, 0.5) is 8.78 Å². The van der Waals surface area contributed by atoms with E-state index in [1.165, 1.54) is 6.07 Å². The molecule has 0 radical (unpaired) electrons. The minimum absolute atomic E-state index is 0.0469. The molecule has 0 spiro atoms. The Morgan fingerprint density at radius 1 is 1.48 bits per heavy atom. The summed E-state index contributed by atoms with van der Waals surface area (Å²) >= 11 is 0. The average Bonchev–Trinajstić information content (AvgIpc) is 2.49. The number of carbonyl (C=O) groups is 1. The molecule has 1 aromatic rings. The molecule has 21 heavy (non-hydrogen) atoms. The van der Waals surface area contributed by atoms with Crippen LogP contribution < -0.4 is 16.4 Å². The number of carbonyl (C=O) groups excluding carboxylic acids is 1. The second-order valence-corrected chi connectivity index (χ2v) is 5.40. The number of benzene rings is 1. The van der Waals surface area contributed by atoms with E-state index >= 15 is 0 Å². The van der Waals surface area contributed by atoms with Gasteiger partial charge in [-0.15, -0.1) is 0 Å². The molecule has 1 aromatic carbocycles. The highest BCUT2D eigenvalue weighted by Gasteiger charge is 2.29. The van der Waals surface area contributed by atoms with Crippen molar-refractivity contribution in [3.63, 3.8) is 0 Å². The summed E-state index contributed by atoms with van der Waals surface area (Å²) in [6, 6.07) is 3.20. The molecule has 0 bridgehead atoms. The van der Waals surface area contributed by atoms with Crippen LogP contribution in [-0.2, 0) is 4.79 Å². The third kappa shape index (κ3) is 3.77. The average molecular weight is 297 g/mol. The zero-order valence-corrected chi connectivity index (χ0v) is 12.0. The van der Waals surface area contributed by atoms with Gasteiger partial charge in [-0.05, 0) is 37.1 Å². The number of hydrogen-bond acceptors (Lipinski definition) is 3. The van der Waals surface area contributed by atoms with Crippen LogP contribution in [0.15, 0.2) is 18.2 Å². The van der Waals surface area contributed by atoms with Gasteiger partial charge in [0.15, 0.2) is 11.6 Å². The van der Waals surface area contributed by atoms with Gasteiger partial charge in [-0.3, -0.25) is 4.79 Å². The Morgan fingerprint density at radius 3 is 2.90 bits per heavy atom. The molecule has 116 valence electrons. The fourth-order valence-electron chi connectivity index (χ4n) is 2.63. The van der Waals surface area contributed by atoms with Gasteiger partial charge in [0.1, 0.15) is 0 Å². The lowest BCUT2D eigenvalue weighted by atomic mass is 9.85. The first kappa shape index (κ1) is 15.9. The van der Waals surface area contributed by atoms with Crippen LogP contribution in [0.5, 0.6) is 0 Å². The second-order valence-electron chi connectivity index (χ2n) is 5.40. The van der Waals surface area contributed by atoms with Gasteiger partial charge in [0.25, 0.3) is 0 Å². The van der Waals surface area contributed by atoms with Crippen molar-refractivity contribution in [3.05, 3.63) is 35.4 Å². The molecule has 4 nitrogen and oxygen atoms in total. The van der Waals surface area contributed by atoms with Crippen molar-refractivity contribution < 1.29 is 13.6 Å². The van der Waals surface area contributed by atoms with Crippen LogP contribution in [-0.4, -0.2) is 31.1 Å². The van der Waals surface area contributed by atoms with Gasteiger partial charge in [-0.25, -0.2) is 8.78 Å². The predicted molar refractivity (Wildman–Crippen MR) is 76.8 cm³/mol. The van der Waals surface area contributed by atoms with Crippen LogP contribution in [0.1, 0.15) is 31.2 Å². The summed E-state index contributed by atoms with van der Waals surface area (Å²) in [7, 11) is 0. The van der Waals surface area contributed by atoms with E-state index in [9.17, 15) is 13.6 Å². The molecule has 2 unspecified atom stereocenters. The molecule has 1 aliphatic rings. The number of nitrogens with two attached hydrogens (primary N) is 1. The number of amides is 1. The zero-order valence-electron chi connectivity index (χ0n) is 12.0. The number of halogens is 2. The summed E-state index contributed by atoms with van der Waals surface area (Å²) in [5.41, 5.74) is 6.42. The molecule has 1 saturated heterocycles. The van der Waals surface area contributed by atoms with E-state index in [0.717, 1.165) is 19.0 Å². The van der Waals surface area contributed by atoms with Crippen LogP contribution >= 0.6 is 0 Å². The Kier molecular flexibility index (Phi) is 5.25. The van der Waals surface area contributed by atoms with Crippen molar-refractivity contribution >= 4 is 5.91 Å². The standard InChI is InChI=1S/C15H21F2N3O/c1-2-13(18)15(21)20-14-8-19-6-5-10(14)9-3-4-11(16)12(17)7-9/h3-4,7,10,13-14,19H,2,5-6,8,18H2,1H3,(H,20,21)/t10?,13-,14?/m0/s1. The number of rotatable bonds is 4. The normalized spacial score (nSPS) is 23.6. The molecular formula is C15H21F2N3O. The van der Waals surface area contributed by atoms with Gasteiger partial charge >= 0.3 is 0 Å². The van der Waals surface area contributed by atoms with Crippen molar-refractivity contribution in [1.82, 2.24) is 10.6 Å². The van der Waals surface area contributed by atoms with Gasteiger partial charge in [0, 0.05) is 18.5 Å². The summed E-state index contributed by atoms with van der Waals surface area (Å²) in [5, 5.41) is 6.11. The first-order valence-electron chi connectivity index (χ1n) is 7.24. The Bertz CT molecular complexity index is 510. The van der Waals surface area contributed by atoms with Crippen LogP contribution in [0.2, 0.25) is 0 Å². The first-order chi connectivity index (χ1) is 10.0. The van der Waals surface area contributed by atoms with E-state index in [1.807, 2.05) is 6.92 Å². The Balaban J connectivity index is 2.14. The third-order valence-electron chi connectivity index (χ3n) is 3.96. The number of piperidine rings is 1. The number of hydrogen-bond donors (Lipinski definition) is 3. The smallest absolute Gasteiger partial charge is 0.237 e. The molecular weight excluding hydrogens is 276 g/mol. The molecule has 1 heterocycles. The highest BCUT2D eigenvalue weighted by Crippen LogP contribution is 2.27. The molecule has 4 N–H and O–H groups in total. The summed E-state index contributed by atoms with van der Waals surface area (Å²) in [6.07, 6.45) is 1.30. The minimum atomic E-state index is -0.860. The molecule has 1 aliphatic heterocycles. The maximum Gasteiger partial charge on any atom is 0.237 e. The molecule has 0 saturated carbocycles. The first-order valence-corrected chi connectivity index (χ1v) is 7.24.